The van der Waals surface area contributed by atoms with Gasteiger partial charge in [-0.05, 0) is 66.9 Å². The average Bonchev–Trinajstić information content (AvgIpc) is 3.67. The zero-order chi connectivity index (χ0) is 27.1. The number of aromatic nitrogens is 1. The van der Waals surface area contributed by atoms with Crippen molar-refractivity contribution >= 4 is 46.5 Å². The molecule has 1 aliphatic heterocycles. The van der Waals surface area contributed by atoms with Gasteiger partial charge in [0, 0.05) is 12.2 Å². The number of fused-ring (bicyclic) bond motifs is 3. The molecule has 0 saturated heterocycles. The van der Waals surface area contributed by atoms with Crippen LogP contribution in [0.2, 0.25) is 10.0 Å². The van der Waals surface area contributed by atoms with Crippen molar-refractivity contribution in [3.8, 4) is 11.4 Å². The van der Waals surface area contributed by atoms with Crippen LogP contribution in [0.4, 0.5) is 16.2 Å². The third-order valence-electron chi connectivity index (χ3n) is 7.17. The Kier molecular flexibility index (Phi) is 6.71. The minimum atomic E-state index is -0.407. The second-order valence-electron chi connectivity index (χ2n) is 9.62. The van der Waals surface area contributed by atoms with E-state index < -0.39 is 12.1 Å². The minimum absolute atomic E-state index is 0.0291. The first-order valence-electron chi connectivity index (χ1n) is 12.7. The van der Waals surface area contributed by atoms with Gasteiger partial charge >= 0.3 is 6.03 Å². The third-order valence-corrected chi connectivity index (χ3v) is 7.80. The van der Waals surface area contributed by atoms with Crippen LogP contribution in [0.5, 0.6) is 5.75 Å². The van der Waals surface area contributed by atoms with Crippen molar-refractivity contribution in [1.29, 1.82) is 0 Å². The molecule has 2 aliphatic rings. The van der Waals surface area contributed by atoms with Gasteiger partial charge in [-0.3, -0.25) is 9.69 Å². The number of para-hydroxylation sites is 3. The van der Waals surface area contributed by atoms with E-state index in [9.17, 15) is 9.59 Å². The molecule has 1 saturated carbocycles. The normalized spacial score (nSPS) is 15.8. The maximum Gasteiger partial charge on any atom is 0.322 e. The van der Waals surface area contributed by atoms with E-state index in [1.165, 1.54) is 0 Å². The number of carbonyl (C=O) groups is 2. The Bertz CT molecular complexity index is 1530. The first kappa shape index (κ1) is 25.3. The van der Waals surface area contributed by atoms with Gasteiger partial charge in [-0.15, -0.1) is 0 Å². The lowest BCUT2D eigenvalue weighted by molar-refractivity contribution is -0.119. The Morgan fingerprint density at radius 3 is 2.28 bits per heavy atom. The molecule has 2 heterocycles. The molecule has 1 N–H and O–H groups in total. The van der Waals surface area contributed by atoms with E-state index in [1.54, 1.807) is 35.1 Å². The Morgan fingerprint density at radius 2 is 1.62 bits per heavy atom. The molecule has 0 radical (unpaired) electrons. The fraction of sp³-hybridized carbons (Fsp3) is 0.200. The molecular formula is C30H26Cl2N4O3. The van der Waals surface area contributed by atoms with E-state index >= 15 is 0 Å². The number of anilines is 2. The van der Waals surface area contributed by atoms with Gasteiger partial charge in [0.25, 0.3) is 0 Å². The predicted octanol–water partition coefficient (Wildman–Crippen LogP) is 6.93. The standard InChI is InChI=1S/C30H26Cl2N4O3/c1-39-21-15-11-19(12-16-21)29-26-10-5-17-34(26)24-8-2-3-9-25(24)36(29)27(37)18-35(20-13-14-20)30(38)33-28-22(31)6-4-7-23(28)32/h2-12,15-17,20,29H,13-14,18H2,1H3,(H,33,38). The van der Waals surface area contributed by atoms with Crippen molar-refractivity contribution in [3.05, 3.63) is 106 Å². The highest BCUT2D eigenvalue weighted by molar-refractivity contribution is 6.39. The third kappa shape index (κ3) is 4.73. The van der Waals surface area contributed by atoms with Gasteiger partial charge in [-0.1, -0.05) is 53.5 Å². The number of rotatable bonds is 6. The van der Waals surface area contributed by atoms with E-state index in [2.05, 4.69) is 9.88 Å². The number of benzene rings is 3. The molecule has 0 spiro atoms. The van der Waals surface area contributed by atoms with Gasteiger partial charge in [0.1, 0.15) is 18.3 Å². The summed E-state index contributed by atoms with van der Waals surface area (Å²) < 4.78 is 7.47. The lowest BCUT2D eigenvalue weighted by Crippen LogP contribution is -2.48. The predicted molar refractivity (Wildman–Crippen MR) is 153 cm³/mol. The lowest BCUT2D eigenvalue weighted by atomic mass is 9.97. The summed E-state index contributed by atoms with van der Waals surface area (Å²) in [4.78, 5) is 31.1. The number of methoxy groups -OCH3 is 1. The highest BCUT2D eigenvalue weighted by atomic mass is 35.5. The first-order chi connectivity index (χ1) is 19.0. The second-order valence-corrected chi connectivity index (χ2v) is 10.4. The molecular weight excluding hydrogens is 535 g/mol. The molecule has 39 heavy (non-hydrogen) atoms. The van der Waals surface area contributed by atoms with Crippen LogP contribution in [0.25, 0.3) is 5.69 Å². The summed E-state index contributed by atoms with van der Waals surface area (Å²) >= 11 is 12.6. The molecule has 4 aromatic rings. The number of ether oxygens (including phenoxy) is 1. The summed E-state index contributed by atoms with van der Waals surface area (Å²) in [6.45, 7) is -0.0970. The highest BCUT2D eigenvalue weighted by Crippen LogP contribution is 2.43. The van der Waals surface area contributed by atoms with Crippen LogP contribution in [0, 0.1) is 0 Å². The Hall–Kier alpha value is -3.94. The quantitative estimate of drug-likeness (QED) is 0.278. The van der Waals surface area contributed by atoms with Gasteiger partial charge in [0.2, 0.25) is 5.91 Å². The van der Waals surface area contributed by atoms with Crippen LogP contribution in [-0.4, -0.2) is 41.1 Å². The molecule has 3 amide bonds. The molecule has 6 rings (SSSR count). The Labute approximate surface area is 236 Å². The fourth-order valence-corrected chi connectivity index (χ4v) is 5.63. The summed E-state index contributed by atoms with van der Waals surface area (Å²) in [6, 6.07) is 23.8. The average molecular weight is 561 g/mol. The largest absolute Gasteiger partial charge is 0.497 e. The van der Waals surface area contributed by atoms with Crippen molar-refractivity contribution < 1.29 is 14.3 Å². The number of hydrogen-bond donors (Lipinski definition) is 1. The number of halogens is 2. The SMILES string of the molecule is COc1ccc(C2c3cccn3-c3ccccc3N2C(=O)CN(C(=O)Nc2c(Cl)cccc2Cl)C2CC2)cc1. The van der Waals surface area contributed by atoms with Gasteiger partial charge in [0.15, 0.2) is 0 Å². The van der Waals surface area contributed by atoms with E-state index in [1.807, 2.05) is 66.9 Å². The number of amides is 3. The zero-order valence-electron chi connectivity index (χ0n) is 21.2. The van der Waals surface area contributed by atoms with Crippen LogP contribution in [0.3, 0.4) is 0 Å². The van der Waals surface area contributed by atoms with Crippen LogP contribution in [0.1, 0.15) is 30.1 Å². The molecule has 1 aromatic heterocycles. The summed E-state index contributed by atoms with van der Waals surface area (Å²) in [6.07, 6.45) is 3.67. The van der Waals surface area contributed by atoms with Crippen molar-refractivity contribution in [2.45, 2.75) is 24.9 Å². The zero-order valence-corrected chi connectivity index (χ0v) is 22.7. The molecule has 0 bridgehead atoms. The molecule has 1 aliphatic carbocycles. The maximum absolute atomic E-state index is 14.3. The van der Waals surface area contributed by atoms with Crippen LogP contribution in [0.15, 0.2) is 85.1 Å². The Morgan fingerprint density at radius 1 is 0.923 bits per heavy atom. The topological polar surface area (TPSA) is 66.8 Å². The van der Waals surface area contributed by atoms with Gasteiger partial charge in [0.05, 0.1) is 39.9 Å². The fourth-order valence-electron chi connectivity index (χ4n) is 5.13. The van der Waals surface area contributed by atoms with E-state index in [4.69, 9.17) is 27.9 Å². The summed E-state index contributed by atoms with van der Waals surface area (Å²) in [5.41, 5.74) is 3.90. The van der Waals surface area contributed by atoms with Crippen molar-refractivity contribution in [3.63, 3.8) is 0 Å². The minimum Gasteiger partial charge on any atom is -0.497 e. The molecule has 1 unspecified atom stereocenters. The smallest absolute Gasteiger partial charge is 0.322 e. The first-order valence-corrected chi connectivity index (χ1v) is 13.5. The molecule has 9 heteroatoms. The van der Waals surface area contributed by atoms with Gasteiger partial charge in [-0.25, -0.2) is 4.79 Å². The number of hydrogen-bond acceptors (Lipinski definition) is 3. The van der Waals surface area contributed by atoms with Crippen molar-refractivity contribution in [1.82, 2.24) is 9.47 Å². The molecule has 7 nitrogen and oxygen atoms in total. The number of carbonyl (C=O) groups excluding carboxylic acids is 2. The number of nitrogens with one attached hydrogen (secondary N) is 1. The van der Waals surface area contributed by atoms with E-state index in [0.29, 0.717) is 15.7 Å². The lowest BCUT2D eigenvalue weighted by Gasteiger charge is -2.39. The second kappa shape index (κ2) is 10.3. The summed E-state index contributed by atoms with van der Waals surface area (Å²) in [5, 5.41) is 3.50. The monoisotopic (exact) mass is 560 g/mol. The summed E-state index contributed by atoms with van der Waals surface area (Å²) in [5.74, 6) is 0.543. The highest BCUT2D eigenvalue weighted by Gasteiger charge is 2.40. The summed E-state index contributed by atoms with van der Waals surface area (Å²) in [7, 11) is 1.63. The van der Waals surface area contributed by atoms with Crippen molar-refractivity contribution in [2.24, 2.45) is 0 Å². The Balaban J connectivity index is 1.36. The van der Waals surface area contributed by atoms with Gasteiger partial charge < -0.3 is 19.5 Å². The van der Waals surface area contributed by atoms with E-state index in [0.717, 1.165) is 41.2 Å². The van der Waals surface area contributed by atoms with Crippen LogP contribution in [-0.2, 0) is 4.79 Å². The number of urea groups is 1. The van der Waals surface area contributed by atoms with E-state index in [-0.39, 0.29) is 18.5 Å². The molecule has 1 atom stereocenters. The van der Waals surface area contributed by atoms with Gasteiger partial charge in [-0.2, -0.15) is 0 Å². The molecule has 1 fully saturated rings. The molecule has 3 aromatic carbocycles. The number of nitrogens with zero attached hydrogens (tertiary/aromatic N) is 3. The molecule has 198 valence electrons. The van der Waals surface area contributed by atoms with Crippen LogP contribution >= 0.6 is 23.2 Å². The maximum atomic E-state index is 14.3. The van der Waals surface area contributed by atoms with Crippen molar-refractivity contribution in [2.75, 3.05) is 23.9 Å². The van der Waals surface area contributed by atoms with Crippen LogP contribution < -0.4 is 15.0 Å².